The summed E-state index contributed by atoms with van der Waals surface area (Å²) in [5.41, 5.74) is 5.08. The van der Waals surface area contributed by atoms with Crippen LogP contribution in [0.3, 0.4) is 0 Å². The molecule has 0 radical (unpaired) electrons. The summed E-state index contributed by atoms with van der Waals surface area (Å²) in [5.74, 6) is 0.272. The van der Waals surface area contributed by atoms with E-state index < -0.39 is 0 Å². The van der Waals surface area contributed by atoms with Gasteiger partial charge in [-0.25, -0.2) is 14.5 Å². The molecule has 31 heavy (non-hydrogen) atoms. The standard InChI is InChI=1S/C23H17ClN6O/c1-29(24)22(31)17-7-5-16(6-8-17)21-14-27-23-26-13-19(30(23)28-21)12-15-4-9-20-18(11-15)3-2-10-25-20/h2-11,13-14H,12H2,1H3. The van der Waals surface area contributed by atoms with Crippen LogP contribution < -0.4 is 0 Å². The molecule has 0 aliphatic rings. The minimum absolute atomic E-state index is 0.266. The van der Waals surface area contributed by atoms with Crippen molar-refractivity contribution in [1.82, 2.24) is 29.0 Å². The molecule has 0 fully saturated rings. The number of benzene rings is 2. The van der Waals surface area contributed by atoms with Crippen molar-refractivity contribution in [2.75, 3.05) is 7.05 Å². The number of carbonyl (C=O) groups is 1. The van der Waals surface area contributed by atoms with Gasteiger partial charge < -0.3 is 0 Å². The zero-order valence-electron chi connectivity index (χ0n) is 16.6. The number of halogens is 1. The average Bonchev–Trinajstić information content (AvgIpc) is 3.20. The number of hydrogen-bond acceptors (Lipinski definition) is 5. The zero-order chi connectivity index (χ0) is 21.4. The molecule has 3 aromatic heterocycles. The number of pyridine rings is 1. The van der Waals surface area contributed by atoms with Gasteiger partial charge in [0.25, 0.3) is 11.7 Å². The lowest BCUT2D eigenvalue weighted by atomic mass is 10.1. The van der Waals surface area contributed by atoms with Crippen molar-refractivity contribution >= 4 is 34.4 Å². The predicted octanol–water partition coefficient (Wildman–Crippen LogP) is 4.16. The van der Waals surface area contributed by atoms with E-state index >= 15 is 0 Å². The first-order valence-electron chi connectivity index (χ1n) is 9.66. The maximum Gasteiger partial charge on any atom is 0.267 e. The van der Waals surface area contributed by atoms with E-state index in [0.717, 1.165) is 32.1 Å². The molecule has 0 aliphatic carbocycles. The van der Waals surface area contributed by atoms with Crippen LogP contribution in [0.2, 0.25) is 0 Å². The smallest absolute Gasteiger partial charge is 0.267 e. The normalized spacial score (nSPS) is 11.2. The fourth-order valence-corrected chi connectivity index (χ4v) is 3.58. The Labute approximate surface area is 183 Å². The van der Waals surface area contributed by atoms with Gasteiger partial charge in [0.1, 0.15) is 5.69 Å². The Morgan fingerprint density at radius 1 is 1.03 bits per heavy atom. The predicted molar refractivity (Wildman–Crippen MR) is 119 cm³/mol. The average molecular weight is 429 g/mol. The number of hydrogen-bond donors (Lipinski definition) is 0. The fraction of sp³-hybridized carbons (Fsp3) is 0.0870. The van der Waals surface area contributed by atoms with Crippen LogP contribution in [0, 0.1) is 0 Å². The summed E-state index contributed by atoms with van der Waals surface area (Å²) in [6.07, 6.45) is 5.93. The van der Waals surface area contributed by atoms with E-state index in [4.69, 9.17) is 16.9 Å². The molecule has 0 aliphatic heterocycles. The second kappa shape index (κ2) is 7.77. The van der Waals surface area contributed by atoms with E-state index in [9.17, 15) is 4.79 Å². The third kappa shape index (κ3) is 3.71. The van der Waals surface area contributed by atoms with Crippen LogP contribution in [0.4, 0.5) is 0 Å². The first-order chi connectivity index (χ1) is 15.1. The summed E-state index contributed by atoms with van der Waals surface area (Å²) in [7, 11) is 1.50. The highest BCUT2D eigenvalue weighted by atomic mass is 35.5. The highest BCUT2D eigenvalue weighted by Crippen LogP contribution is 2.20. The van der Waals surface area contributed by atoms with E-state index in [1.165, 1.54) is 7.05 Å². The van der Waals surface area contributed by atoms with E-state index in [1.54, 1.807) is 35.2 Å². The molecule has 0 bridgehead atoms. The SMILES string of the molecule is CN(Cl)C(=O)c1ccc(-c2cnc3ncc(Cc4ccc5ncccc5c4)n3n2)cc1. The molecule has 5 aromatic rings. The zero-order valence-corrected chi connectivity index (χ0v) is 17.4. The van der Waals surface area contributed by atoms with Gasteiger partial charge in [0.2, 0.25) is 0 Å². The van der Waals surface area contributed by atoms with Crippen LogP contribution in [0.5, 0.6) is 0 Å². The van der Waals surface area contributed by atoms with Gasteiger partial charge in [0.15, 0.2) is 0 Å². The number of aromatic nitrogens is 5. The Morgan fingerprint density at radius 3 is 2.65 bits per heavy atom. The van der Waals surface area contributed by atoms with E-state index in [1.807, 2.05) is 24.3 Å². The first kappa shape index (κ1) is 19.1. The second-order valence-corrected chi connectivity index (χ2v) is 7.68. The summed E-state index contributed by atoms with van der Waals surface area (Å²) in [5, 5.41) is 5.83. The Balaban J connectivity index is 1.47. The molecule has 1 amide bonds. The van der Waals surface area contributed by atoms with Crippen molar-refractivity contribution in [3.05, 3.63) is 90.0 Å². The molecule has 0 saturated heterocycles. The van der Waals surface area contributed by atoms with Gasteiger partial charge in [0, 0.05) is 48.0 Å². The molecule has 5 rings (SSSR count). The quantitative estimate of drug-likeness (QED) is 0.402. The van der Waals surface area contributed by atoms with Crippen molar-refractivity contribution in [1.29, 1.82) is 0 Å². The summed E-state index contributed by atoms with van der Waals surface area (Å²) >= 11 is 5.74. The fourth-order valence-electron chi connectivity index (χ4n) is 3.48. The highest BCUT2D eigenvalue weighted by molar-refractivity contribution is 6.23. The lowest BCUT2D eigenvalue weighted by Crippen LogP contribution is -2.16. The lowest BCUT2D eigenvalue weighted by molar-refractivity contribution is 0.0885. The van der Waals surface area contributed by atoms with Crippen LogP contribution >= 0.6 is 11.8 Å². The maximum absolute atomic E-state index is 12.0. The second-order valence-electron chi connectivity index (χ2n) is 7.17. The van der Waals surface area contributed by atoms with Gasteiger partial charge in [-0.1, -0.05) is 24.3 Å². The number of amides is 1. The molecule has 8 heteroatoms. The molecular weight excluding hydrogens is 412 g/mol. The number of carbonyl (C=O) groups excluding carboxylic acids is 1. The van der Waals surface area contributed by atoms with Crippen molar-refractivity contribution < 1.29 is 4.79 Å². The van der Waals surface area contributed by atoms with Crippen molar-refractivity contribution in [3.63, 3.8) is 0 Å². The molecule has 0 spiro atoms. The van der Waals surface area contributed by atoms with Gasteiger partial charge in [-0.2, -0.15) is 5.10 Å². The van der Waals surface area contributed by atoms with Gasteiger partial charge in [-0.15, -0.1) is 0 Å². The summed E-state index contributed by atoms with van der Waals surface area (Å²) in [6, 6.07) is 17.3. The van der Waals surface area contributed by atoms with Crippen LogP contribution in [0.25, 0.3) is 27.9 Å². The van der Waals surface area contributed by atoms with Crippen LogP contribution in [0.15, 0.2) is 73.2 Å². The topological polar surface area (TPSA) is 76.3 Å². The summed E-state index contributed by atoms with van der Waals surface area (Å²) < 4.78 is 2.79. The number of fused-ring (bicyclic) bond motifs is 2. The van der Waals surface area contributed by atoms with Gasteiger partial charge in [-0.05, 0) is 35.9 Å². The Kier molecular flexibility index (Phi) is 4.80. The summed E-state index contributed by atoms with van der Waals surface area (Å²) in [6.45, 7) is 0. The van der Waals surface area contributed by atoms with E-state index in [-0.39, 0.29) is 5.91 Å². The molecule has 2 aromatic carbocycles. The lowest BCUT2D eigenvalue weighted by Gasteiger charge is -2.08. The molecule has 0 saturated carbocycles. The van der Waals surface area contributed by atoms with Crippen molar-refractivity contribution in [3.8, 4) is 11.3 Å². The molecule has 0 unspecified atom stereocenters. The maximum atomic E-state index is 12.0. The van der Waals surface area contributed by atoms with Gasteiger partial charge in [-0.3, -0.25) is 14.2 Å². The molecule has 0 N–H and O–H groups in total. The van der Waals surface area contributed by atoms with Gasteiger partial charge in [0.05, 0.1) is 23.6 Å². The third-order valence-corrected chi connectivity index (χ3v) is 5.21. The van der Waals surface area contributed by atoms with Crippen molar-refractivity contribution in [2.45, 2.75) is 6.42 Å². The Hall–Kier alpha value is -3.84. The monoisotopic (exact) mass is 428 g/mol. The Bertz CT molecular complexity index is 1410. The molecule has 152 valence electrons. The van der Waals surface area contributed by atoms with Crippen LogP contribution in [0.1, 0.15) is 21.6 Å². The van der Waals surface area contributed by atoms with Gasteiger partial charge >= 0.3 is 0 Å². The molecular formula is C23H17ClN6O. The molecule has 0 atom stereocenters. The molecule has 3 heterocycles. The van der Waals surface area contributed by atoms with Crippen LogP contribution in [-0.2, 0) is 6.42 Å². The van der Waals surface area contributed by atoms with E-state index in [2.05, 4.69) is 33.2 Å². The number of rotatable bonds is 4. The number of nitrogens with zero attached hydrogens (tertiary/aromatic N) is 6. The first-order valence-corrected chi connectivity index (χ1v) is 10.00. The third-order valence-electron chi connectivity index (χ3n) is 5.06. The largest absolute Gasteiger partial charge is 0.268 e. The van der Waals surface area contributed by atoms with E-state index in [0.29, 0.717) is 23.5 Å². The number of imidazole rings is 1. The minimum Gasteiger partial charge on any atom is -0.268 e. The minimum atomic E-state index is -0.266. The summed E-state index contributed by atoms with van der Waals surface area (Å²) in [4.78, 5) is 25.2. The highest BCUT2D eigenvalue weighted by Gasteiger charge is 2.12. The molecule has 7 nitrogen and oxygen atoms in total. The Morgan fingerprint density at radius 2 is 1.84 bits per heavy atom. The van der Waals surface area contributed by atoms with Crippen LogP contribution in [-0.4, -0.2) is 41.9 Å². The van der Waals surface area contributed by atoms with Crippen molar-refractivity contribution in [2.24, 2.45) is 0 Å².